The predicted molar refractivity (Wildman–Crippen MR) is 82.9 cm³/mol. The molecular formula is C19H26O. The summed E-state index contributed by atoms with van der Waals surface area (Å²) in [6, 6.07) is 8.30. The van der Waals surface area contributed by atoms with Crippen molar-refractivity contribution in [2.75, 3.05) is 0 Å². The van der Waals surface area contributed by atoms with Gasteiger partial charge in [0.1, 0.15) is 0 Å². The van der Waals surface area contributed by atoms with Crippen LogP contribution < -0.4 is 0 Å². The lowest BCUT2D eigenvalue weighted by atomic mass is 9.68. The average molecular weight is 270 g/mol. The maximum atomic E-state index is 13.0. The molecule has 3 rings (SSSR count). The molecule has 1 nitrogen and oxygen atoms in total. The first-order chi connectivity index (χ1) is 9.81. The van der Waals surface area contributed by atoms with E-state index in [1.54, 1.807) is 0 Å². The summed E-state index contributed by atoms with van der Waals surface area (Å²) in [5.41, 5.74) is 2.30. The van der Waals surface area contributed by atoms with Gasteiger partial charge in [-0.25, -0.2) is 0 Å². The monoisotopic (exact) mass is 270 g/mol. The number of benzene rings is 1. The number of carbonyl (C=O) groups excluding carboxylic acids is 1. The zero-order valence-electron chi connectivity index (χ0n) is 12.6. The maximum absolute atomic E-state index is 13.0. The van der Waals surface area contributed by atoms with E-state index in [-0.39, 0.29) is 0 Å². The first-order valence-corrected chi connectivity index (χ1v) is 8.43. The quantitative estimate of drug-likeness (QED) is 0.688. The summed E-state index contributed by atoms with van der Waals surface area (Å²) in [7, 11) is 0. The largest absolute Gasteiger partial charge is 0.294 e. The van der Waals surface area contributed by atoms with Crippen molar-refractivity contribution in [2.45, 2.75) is 58.3 Å². The lowest BCUT2D eigenvalue weighted by Gasteiger charge is -2.36. The van der Waals surface area contributed by atoms with Gasteiger partial charge in [-0.2, -0.15) is 0 Å². The summed E-state index contributed by atoms with van der Waals surface area (Å²) in [6.45, 7) is 2.30. The highest BCUT2D eigenvalue weighted by Crippen LogP contribution is 2.41. The molecule has 0 saturated heterocycles. The molecule has 20 heavy (non-hydrogen) atoms. The van der Waals surface area contributed by atoms with Crippen molar-refractivity contribution < 1.29 is 4.79 Å². The Morgan fingerprint density at radius 3 is 2.70 bits per heavy atom. The molecule has 1 fully saturated rings. The van der Waals surface area contributed by atoms with Crippen LogP contribution in [0.4, 0.5) is 0 Å². The lowest BCUT2D eigenvalue weighted by molar-refractivity contribution is 0.0759. The van der Waals surface area contributed by atoms with E-state index in [1.807, 2.05) is 6.07 Å². The van der Waals surface area contributed by atoms with Crippen LogP contribution in [0, 0.1) is 17.8 Å². The Hall–Kier alpha value is -1.11. The average Bonchev–Trinajstić information content (AvgIpc) is 2.67. The molecule has 1 aromatic carbocycles. The maximum Gasteiger partial charge on any atom is 0.166 e. The van der Waals surface area contributed by atoms with Crippen molar-refractivity contribution in [3.8, 4) is 0 Å². The van der Waals surface area contributed by atoms with Crippen LogP contribution in [0.25, 0.3) is 0 Å². The van der Waals surface area contributed by atoms with Gasteiger partial charge in [-0.3, -0.25) is 4.79 Å². The smallest absolute Gasteiger partial charge is 0.166 e. The fourth-order valence-electron chi connectivity index (χ4n) is 4.50. The number of aryl methyl sites for hydroxylation is 1. The van der Waals surface area contributed by atoms with Gasteiger partial charge in [0.15, 0.2) is 5.78 Å². The third-order valence-electron chi connectivity index (χ3n) is 5.59. The molecule has 0 aliphatic heterocycles. The molecule has 2 aliphatic carbocycles. The van der Waals surface area contributed by atoms with E-state index >= 15 is 0 Å². The number of ketones is 1. The third-order valence-corrected chi connectivity index (χ3v) is 5.59. The van der Waals surface area contributed by atoms with Crippen molar-refractivity contribution in [3.63, 3.8) is 0 Å². The summed E-state index contributed by atoms with van der Waals surface area (Å²) in [5.74, 6) is 2.17. The van der Waals surface area contributed by atoms with Crippen LogP contribution in [0.5, 0.6) is 0 Å². The van der Waals surface area contributed by atoms with Crippen LogP contribution in [0.3, 0.4) is 0 Å². The van der Waals surface area contributed by atoms with Gasteiger partial charge in [0.2, 0.25) is 0 Å². The van der Waals surface area contributed by atoms with E-state index in [2.05, 4.69) is 25.1 Å². The Bertz CT molecular complexity index is 476. The molecule has 1 aromatic rings. The van der Waals surface area contributed by atoms with Crippen molar-refractivity contribution in [1.29, 1.82) is 0 Å². The van der Waals surface area contributed by atoms with Gasteiger partial charge >= 0.3 is 0 Å². The highest BCUT2D eigenvalue weighted by Gasteiger charge is 2.36. The Morgan fingerprint density at radius 2 is 1.85 bits per heavy atom. The predicted octanol–water partition coefficient (Wildman–Crippen LogP) is 5.04. The fourth-order valence-corrected chi connectivity index (χ4v) is 4.50. The van der Waals surface area contributed by atoms with Gasteiger partial charge in [0, 0.05) is 11.5 Å². The number of rotatable bonds is 2. The second-order valence-electron chi connectivity index (χ2n) is 6.64. The van der Waals surface area contributed by atoms with Crippen LogP contribution >= 0.6 is 0 Å². The summed E-state index contributed by atoms with van der Waals surface area (Å²) >= 11 is 0. The molecule has 0 radical (unpaired) electrons. The summed E-state index contributed by atoms with van der Waals surface area (Å²) in [4.78, 5) is 13.0. The third kappa shape index (κ3) is 2.55. The van der Waals surface area contributed by atoms with Crippen LogP contribution in [0.1, 0.15) is 67.8 Å². The van der Waals surface area contributed by atoms with E-state index < -0.39 is 0 Å². The van der Waals surface area contributed by atoms with Gasteiger partial charge in [-0.15, -0.1) is 0 Å². The Kier molecular flexibility index (Phi) is 4.24. The number of fused-ring (bicyclic) bond motifs is 1. The molecule has 2 aliphatic rings. The topological polar surface area (TPSA) is 17.1 Å². The van der Waals surface area contributed by atoms with Crippen molar-refractivity contribution in [2.24, 2.45) is 17.8 Å². The van der Waals surface area contributed by atoms with E-state index in [1.165, 1.54) is 44.1 Å². The molecule has 1 heteroatoms. The van der Waals surface area contributed by atoms with Crippen LogP contribution in [0.2, 0.25) is 0 Å². The van der Waals surface area contributed by atoms with Crippen molar-refractivity contribution >= 4 is 5.78 Å². The minimum absolute atomic E-state index is 0.295. The molecule has 0 aromatic heterocycles. The number of hydrogen-bond donors (Lipinski definition) is 0. The SMILES string of the molecule is CCC1CCCCC1C1CCCc2ccccc2C1=O. The zero-order valence-corrected chi connectivity index (χ0v) is 12.6. The highest BCUT2D eigenvalue weighted by molar-refractivity contribution is 5.99. The van der Waals surface area contributed by atoms with E-state index in [0.29, 0.717) is 17.6 Å². The number of Topliss-reactive ketones (excluding diaryl/α,β-unsaturated/α-hetero) is 1. The molecule has 0 spiro atoms. The molecule has 0 amide bonds. The molecule has 3 atom stereocenters. The molecule has 108 valence electrons. The normalized spacial score (nSPS) is 30.6. The Morgan fingerprint density at radius 1 is 1.05 bits per heavy atom. The van der Waals surface area contributed by atoms with E-state index in [9.17, 15) is 4.79 Å². The summed E-state index contributed by atoms with van der Waals surface area (Å²) < 4.78 is 0. The molecule has 0 N–H and O–H groups in total. The first-order valence-electron chi connectivity index (χ1n) is 8.43. The molecule has 1 saturated carbocycles. The Labute approximate surface area is 122 Å². The van der Waals surface area contributed by atoms with Gasteiger partial charge < -0.3 is 0 Å². The molecule has 3 unspecified atom stereocenters. The Balaban J connectivity index is 1.88. The molecule has 0 heterocycles. The van der Waals surface area contributed by atoms with Crippen LogP contribution in [-0.2, 0) is 6.42 Å². The number of carbonyl (C=O) groups is 1. The van der Waals surface area contributed by atoms with Gasteiger partial charge in [0.05, 0.1) is 0 Å². The van der Waals surface area contributed by atoms with Gasteiger partial charge in [-0.05, 0) is 43.1 Å². The van der Waals surface area contributed by atoms with E-state index in [4.69, 9.17) is 0 Å². The minimum Gasteiger partial charge on any atom is -0.294 e. The van der Waals surface area contributed by atoms with Crippen molar-refractivity contribution in [3.05, 3.63) is 35.4 Å². The van der Waals surface area contributed by atoms with Crippen molar-refractivity contribution in [1.82, 2.24) is 0 Å². The highest BCUT2D eigenvalue weighted by atomic mass is 16.1. The lowest BCUT2D eigenvalue weighted by Crippen LogP contribution is -2.31. The summed E-state index contributed by atoms with van der Waals surface area (Å²) in [5, 5.41) is 0. The van der Waals surface area contributed by atoms with E-state index in [0.717, 1.165) is 24.3 Å². The fraction of sp³-hybridized carbons (Fsp3) is 0.632. The second-order valence-corrected chi connectivity index (χ2v) is 6.64. The number of hydrogen-bond acceptors (Lipinski definition) is 1. The van der Waals surface area contributed by atoms with Crippen LogP contribution in [0.15, 0.2) is 24.3 Å². The zero-order chi connectivity index (χ0) is 13.9. The van der Waals surface area contributed by atoms with Crippen LogP contribution in [-0.4, -0.2) is 5.78 Å². The van der Waals surface area contributed by atoms with Gasteiger partial charge in [-0.1, -0.05) is 56.9 Å². The standard InChI is InChI=1S/C19H26O/c1-2-14-8-3-5-11-16(14)18-13-7-10-15-9-4-6-12-17(15)19(18)20/h4,6,9,12,14,16,18H,2-3,5,7-8,10-11,13H2,1H3. The molecule has 0 bridgehead atoms. The summed E-state index contributed by atoms with van der Waals surface area (Å²) in [6.07, 6.45) is 9.93. The minimum atomic E-state index is 0.295. The molecular weight excluding hydrogens is 244 g/mol. The second kappa shape index (κ2) is 6.11. The van der Waals surface area contributed by atoms with Gasteiger partial charge in [0.25, 0.3) is 0 Å². The first kappa shape index (κ1) is 13.9.